The van der Waals surface area contributed by atoms with E-state index in [1.165, 1.54) is 24.8 Å². The standard InChI is InChI=1S/C21H28O3/c1-20-6-5-16-14(15(20)2-3-17(20)19(24)11-22)8-12-10-21(16)7-4-13(23)9-18(12)21/h9,12,14-17,22H,2-8,10-11H2,1H3/t12-,14-,15-,16-,17+,20-,21-/m0/s1. The monoisotopic (exact) mass is 328 g/mol. The molecule has 6 aliphatic rings. The summed E-state index contributed by atoms with van der Waals surface area (Å²) < 4.78 is 0. The second-order valence-corrected chi connectivity index (χ2v) is 9.53. The summed E-state index contributed by atoms with van der Waals surface area (Å²) in [6.45, 7) is 2.04. The minimum absolute atomic E-state index is 0.0708. The van der Waals surface area contributed by atoms with Gasteiger partial charge in [0.25, 0.3) is 0 Å². The van der Waals surface area contributed by atoms with E-state index in [0.717, 1.165) is 43.9 Å². The van der Waals surface area contributed by atoms with Gasteiger partial charge in [0.2, 0.25) is 0 Å². The van der Waals surface area contributed by atoms with Gasteiger partial charge >= 0.3 is 0 Å². The van der Waals surface area contributed by atoms with Gasteiger partial charge < -0.3 is 5.11 Å². The van der Waals surface area contributed by atoms with E-state index in [9.17, 15) is 14.7 Å². The number of carbonyl (C=O) groups excluding carboxylic acids is 2. The minimum Gasteiger partial charge on any atom is -0.389 e. The predicted molar refractivity (Wildman–Crippen MR) is 90.1 cm³/mol. The first kappa shape index (κ1) is 15.3. The van der Waals surface area contributed by atoms with E-state index in [1.807, 2.05) is 6.08 Å². The van der Waals surface area contributed by atoms with E-state index in [2.05, 4.69) is 6.92 Å². The number of aliphatic hydroxyl groups excluding tert-OH is 1. The van der Waals surface area contributed by atoms with E-state index < -0.39 is 0 Å². The van der Waals surface area contributed by atoms with Gasteiger partial charge in [0.15, 0.2) is 11.6 Å². The summed E-state index contributed by atoms with van der Waals surface area (Å²) in [5.41, 5.74) is 1.96. The molecule has 3 nitrogen and oxygen atoms in total. The van der Waals surface area contributed by atoms with E-state index in [1.54, 1.807) is 0 Å². The lowest BCUT2D eigenvalue weighted by molar-refractivity contribution is -0.143. The zero-order chi connectivity index (χ0) is 16.7. The molecule has 0 aliphatic heterocycles. The maximum atomic E-state index is 12.3. The molecule has 3 heteroatoms. The zero-order valence-corrected chi connectivity index (χ0v) is 14.6. The quantitative estimate of drug-likeness (QED) is 0.846. The smallest absolute Gasteiger partial charge is 0.161 e. The van der Waals surface area contributed by atoms with Crippen LogP contribution in [0.1, 0.15) is 58.3 Å². The van der Waals surface area contributed by atoms with Gasteiger partial charge in [0, 0.05) is 12.3 Å². The Morgan fingerprint density at radius 2 is 2.08 bits per heavy atom. The molecule has 0 heterocycles. The maximum absolute atomic E-state index is 12.3. The van der Waals surface area contributed by atoms with Crippen LogP contribution in [-0.2, 0) is 9.59 Å². The summed E-state index contributed by atoms with van der Waals surface area (Å²) >= 11 is 0. The van der Waals surface area contributed by atoms with Gasteiger partial charge in [-0.2, -0.15) is 0 Å². The summed E-state index contributed by atoms with van der Waals surface area (Å²) in [4.78, 5) is 24.2. The molecule has 24 heavy (non-hydrogen) atoms. The number of Topliss-reactive ketones (excluding diaryl/α,β-unsaturated/α-hetero) is 1. The van der Waals surface area contributed by atoms with Crippen molar-refractivity contribution in [1.29, 1.82) is 0 Å². The van der Waals surface area contributed by atoms with Gasteiger partial charge in [-0.1, -0.05) is 12.5 Å². The lowest BCUT2D eigenvalue weighted by atomic mass is 9.36. The SMILES string of the molecule is C[C@]12CC[C@H]3[C@@H](C[C@H]4C[C@@]35CCC(=O)C=C45)[C@@H]1CC[C@@H]2C(=O)CO. The summed E-state index contributed by atoms with van der Waals surface area (Å²) in [5.74, 6) is 3.26. The number of fused-ring (bicyclic) bond motifs is 1. The molecule has 5 fully saturated rings. The first-order chi connectivity index (χ1) is 11.5. The first-order valence-corrected chi connectivity index (χ1v) is 9.88. The average molecular weight is 328 g/mol. The number of hydrogen-bond donors (Lipinski definition) is 1. The molecule has 0 aromatic carbocycles. The molecule has 6 aliphatic carbocycles. The molecule has 0 unspecified atom stereocenters. The molecule has 0 aromatic rings. The van der Waals surface area contributed by atoms with E-state index in [4.69, 9.17) is 0 Å². The third kappa shape index (κ3) is 1.67. The van der Waals surface area contributed by atoms with Gasteiger partial charge in [0.05, 0.1) is 0 Å². The van der Waals surface area contributed by atoms with Crippen LogP contribution in [0.3, 0.4) is 0 Å². The number of carbonyl (C=O) groups is 2. The van der Waals surface area contributed by atoms with Crippen LogP contribution in [-0.4, -0.2) is 23.3 Å². The topological polar surface area (TPSA) is 54.4 Å². The highest BCUT2D eigenvalue weighted by molar-refractivity contribution is 5.92. The van der Waals surface area contributed by atoms with Gasteiger partial charge in [-0.3, -0.25) is 9.59 Å². The molecule has 5 saturated carbocycles. The Labute approximate surface area is 143 Å². The molecular formula is C21H28O3. The number of allylic oxidation sites excluding steroid dienone is 1. The van der Waals surface area contributed by atoms with E-state index >= 15 is 0 Å². The molecular weight excluding hydrogens is 300 g/mol. The summed E-state index contributed by atoms with van der Waals surface area (Å²) in [6.07, 6.45) is 10.9. The highest BCUT2D eigenvalue weighted by Gasteiger charge is 2.66. The van der Waals surface area contributed by atoms with Crippen molar-refractivity contribution in [1.82, 2.24) is 0 Å². The largest absolute Gasteiger partial charge is 0.389 e. The average Bonchev–Trinajstić information content (AvgIpc) is 2.93. The minimum atomic E-state index is -0.289. The van der Waals surface area contributed by atoms with Crippen molar-refractivity contribution >= 4 is 11.6 Å². The molecule has 0 saturated heterocycles. The lowest BCUT2D eigenvalue weighted by Crippen LogP contribution is -2.60. The van der Waals surface area contributed by atoms with E-state index in [0.29, 0.717) is 23.0 Å². The Kier molecular flexibility index (Phi) is 3.07. The Morgan fingerprint density at radius 3 is 2.88 bits per heavy atom. The van der Waals surface area contributed by atoms with Crippen molar-refractivity contribution < 1.29 is 14.7 Å². The van der Waals surface area contributed by atoms with Crippen LogP contribution >= 0.6 is 0 Å². The Bertz CT molecular complexity index is 649. The van der Waals surface area contributed by atoms with Crippen LogP contribution in [0.2, 0.25) is 0 Å². The normalized spacial score (nSPS) is 51.8. The first-order valence-electron chi connectivity index (χ1n) is 9.88. The molecule has 2 bridgehead atoms. The molecule has 1 spiro atoms. The fourth-order valence-corrected chi connectivity index (χ4v) is 8.07. The summed E-state index contributed by atoms with van der Waals surface area (Å²) in [7, 11) is 0. The fourth-order valence-electron chi connectivity index (χ4n) is 8.07. The Balaban J connectivity index is 1.48. The van der Waals surface area contributed by atoms with Crippen molar-refractivity contribution in [3.63, 3.8) is 0 Å². The van der Waals surface area contributed by atoms with Gasteiger partial charge in [-0.15, -0.1) is 0 Å². The molecule has 0 aromatic heterocycles. The van der Waals surface area contributed by atoms with Crippen molar-refractivity contribution in [2.75, 3.05) is 6.61 Å². The van der Waals surface area contributed by atoms with Crippen molar-refractivity contribution in [2.24, 2.45) is 40.4 Å². The zero-order valence-electron chi connectivity index (χ0n) is 14.6. The Morgan fingerprint density at radius 1 is 1.25 bits per heavy atom. The second kappa shape index (κ2) is 4.81. The van der Waals surface area contributed by atoms with Crippen LogP contribution in [0, 0.1) is 40.4 Å². The van der Waals surface area contributed by atoms with Crippen LogP contribution < -0.4 is 0 Å². The van der Waals surface area contributed by atoms with Crippen molar-refractivity contribution in [3.8, 4) is 0 Å². The maximum Gasteiger partial charge on any atom is 0.161 e. The Hall–Kier alpha value is -0.960. The third-order valence-corrected chi connectivity index (χ3v) is 9.01. The molecule has 0 radical (unpaired) electrons. The van der Waals surface area contributed by atoms with E-state index in [-0.39, 0.29) is 23.7 Å². The molecule has 7 atom stereocenters. The van der Waals surface area contributed by atoms with Crippen LogP contribution in [0.5, 0.6) is 0 Å². The summed E-state index contributed by atoms with van der Waals surface area (Å²) in [5, 5.41) is 9.37. The van der Waals surface area contributed by atoms with Crippen LogP contribution in [0.15, 0.2) is 11.6 Å². The molecule has 1 N–H and O–H groups in total. The predicted octanol–water partition coefficient (Wildman–Crippen LogP) is 3.31. The van der Waals surface area contributed by atoms with Crippen LogP contribution in [0.4, 0.5) is 0 Å². The fraction of sp³-hybridized carbons (Fsp3) is 0.810. The highest BCUT2D eigenvalue weighted by Crippen LogP contribution is 2.74. The highest BCUT2D eigenvalue weighted by atomic mass is 16.3. The number of rotatable bonds is 2. The third-order valence-electron chi connectivity index (χ3n) is 9.01. The second-order valence-electron chi connectivity index (χ2n) is 9.53. The van der Waals surface area contributed by atoms with Gasteiger partial charge in [-0.05, 0) is 85.5 Å². The number of aliphatic hydroxyl groups is 1. The van der Waals surface area contributed by atoms with Crippen molar-refractivity contribution in [3.05, 3.63) is 11.6 Å². The van der Waals surface area contributed by atoms with Gasteiger partial charge in [0.1, 0.15) is 6.61 Å². The number of hydrogen-bond acceptors (Lipinski definition) is 3. The number of ketones is 2. The molecule has 130 valence electrons. The van der Waals surface area contributed by atoms with Crippen LogP contribution in [0.25, 0.3) is 0 Å². The van der Waals surface area contributed by atoms with Gasteiger partial charge in [-0.25, -0.2) is 0 Å². The van der Waals surface area contributed by atoms with Crippen molar-refractivity contribution in [2.45, 2.75) is 58.3 Å². The summed E-state index contributed by atoms with van der Waals surface area (Å²) in [6, 6.07) is 0. The molecule has 6 rings (SSSR count). The molecule has 0 amide bonds. The lowest BCUT2D eigenvalue weighted by Gasteiger charge is -2.68.